The van der Waals surface area contributed by atoms with Gasteiger partial charge in [-0.3, -0.25) is 9.98 Å². The topological polar surface area (TPSA) is 28.5 Å². The van der Waals surface area contributed by atoms with Crippen LogP contribution in [0.2, 0.25) is 0 Å². The number of aliphatic imine (C=N–C) groups is 1. The van der Waals surface area contributed by atoms with Gasteiger partial charge < -0.3 is 4.90 Å². The summed E-state index contributed by atoms with van der Waals surface area (Å²) in [6.07, 6.45) is 3.72. The SMILES string of the molecule is C1=NCCN1c1cccc2cccnc12. The molecular formula is C12H11N3. The van der Waals surface area contributed by atoms with Crippen molar-refractivity contribution in [2.75, 3.05) is 18.0 Å². The summed E-state index contributed by atoms with van der Waals surface area (Å²) in [7, 11) is 0. The minimum atomic E-state index is 0.878. The Balaban J connectivity index is 2.21. The number of pyridine rings is 1. The van der Waals surface area contributed by atoms with Crippen molar-refractivity contribution in [2.45, 2.75) is 0 Å². The van der Waals surface area contributed by atoms with E-state index in [0.29, 0.717) is 0 Å². The van der Waals surface area contributed by atoms with Gasteiger partial charge in [0.1, 0.15) is 0 Å². The first-order valence-electron chi connectivity index (χ1n) is 5.05. The van der Waals surface area contributed by atoms with E-state index < -0.39 is 0 Å². The molecule has 2 aromatic rings. The van der Waals surface area contributed by atoms with E-state index in [9.17, 15) is 0 Å². The van der Waals surface area contributed by atoms with Crippen molar-refractivity contribution >= 4 is 22.9 Å². The number of rotatable bonds is 1. The van der Waals surface area contributed by atoms with E-state index >= 15 is 0 Å². The maximum absolute atomic E-state index is 4.42. The van der Waals surface area contributed by atoms with E-state index in [4.69, 9.17) is 0 Å². The number of anilines is 1. The van der Waals surface area contributed by atoms with Gasteiger partial charge in [-0.2, -0.15) is 0 Å². The zero-order valence-corrected chi connectivity index (χ0v) is 8.30. The predicted molar refractivity (Wildman–Crippen MR) is 62.4 cm³/mol. The lowest BCUT2D eigenvalue weighted by Crippen LogP contribution is -2.18. The normalized spacial score (nSPS) is 15.1. The molecule has 0 saturated carbocycles. The van der Waals surface area contributed by atoms with Crippen LogP contribution in [0, 0.1) is 0 Å². The van der Waals surface area contributed by atoms with Crippen LogP contribution in [-0.4, -0.2) is 24.4 Å². The Morgan fingerprint density at radius 3 is 2.93 bits per heavy atom. The van der Waals surface area contributed by atoms with E-state index in [0.717, 1.165) is 24.3 Å². The minimum Gasteiger partial charge on any atom is -0.329 e. The Bertz CT molecular complexity index is 514. The third-order valence-electron chi connectivity index (χ3n) is 2.61. The third kappa shape index (κ3) is 1.36. The predicted octanol–water partition coefficient (Wildman–Crippen LogP) is 2.08. The Hall–Kier alpha value is -1.90. The van der Waals surface area contributed by atoms with Gasteiger partial charge in [-0.15, -0.1) is 0 Å². The Kier molecular flexibility index (Phi) is 1.88. The highest BCUT2D eigenvalue weighted by Gasteiger charge is 2.11. The fourth-order valence-electron chi connectivity index (χ4n) is 1.88. The standard InChI is InChI=1S/C12H11N3/c1-3-10-4-2-6-14-12(10)11(5-1)15-8-7-13-9-15/h1-6,9H,7-8H2. The molecule has 1 aromatic carbocycles. The summed E-state index contributed by atoms with van der Waals surface area (Å²) in [5.74, 6) is 0. The molecule has 15 heavy (non-hydrogen) atoms. The second kappa shape index (κ2) is 3.35. The van der Waals surface area contributed by atoms with E-state index in [1.165, 1.54) is 5.39 Å². The molecule has 2 heterocycles. The first-order chi connectivity index (χ1) is 7.45. The number of hydrogen-bond donors (Lipinski definition) is 0. The Morgan fingerprint density at radius 1 is 1.13 bits per heavy atom. The summed E-state index contributed by atoms with van der Waals surface area (Å²) >= 11 is 0. The van der Waals surface area contributed by atoms with Gasteiger partial charge in [-0.1, -0.05) is 18.2 Å². The smallest absolute Gasteiger partial charge is 0.0939 e. The van der Waals surface area contributed by atoms with Crippen molar-refractivity contribution in [1.29, 1.82) is 0 Å². The molecule has 0 radical (unpaired) electrons. The summed E-state index contributed by atoms with van der Waals surface area (Å²) in [5, 5.41) is 1.18. The number of benzene rings is 1. The lowest BCUT2D eigenvalue weighted by atomic mass is 10.2. The molecule has 0 saturated heterocycles. The second-order valence-corrected chi connectivity index (χ2v) is 3.57. The van der Waals surface area contributed by atoms with Gasteiger partial charge in [0.15, 0.2) is 0 Å². The van der Waals surface area contributed by atoms with Gasteiger partial charge in [-0.05, 0) is 12.1 Å². The Morgan fingerprint density at radius 2 is 2.07 bits per heavy atom. The molecule has 0 aliphatic carbocycles. The number of aromatic nitrogens is 1. The van der Waals surface area contributed by atoms with Crippen LogP contribution in [0.3, 0.4) is 0 Å². The van der Waals surface area contributed by atoms with Crippen molar-refractivity contribution in [2.24, 2.45) is 4.99 Å². The van der Waals surface area contributed by atoms with Crippen molar-refractivity contribution in [1.82, 2.24) is 4.98 Å². The number of nitrogens with zero attached hydrogens (tertiary/aromatic N) is 3. The van der Waals surface area contributed by atoms with Crippen LogP contribution >= 0.6 is 0 Å². The average Bonchev–Trinajstić information content (AvgIpc) is 2.82. The molecule has 0 atom stereocenters. The lowest BCUT2D eigenvalue weighted by molar-refractivity contribution is 1.02. The van der Waals surface area contributed by atoms with Crippen LogP contribution in [0.15, 0.2) is 41.5 Å². The summed E-state index contributed by atoms with van der Waals surface area (Å²) in [6.45, 7) is 1.83. The number of para-hydroxylation sites is 1. The molecular weight excluding hydrogens is 186 g/mol. The molecule has 3 heteroatoms. The highest BCUT2D eigenvalue weighted by molar-refractivity contribution is 5.97. The molecule has 0 spiro atoms. The monoisotopic (exact) mass is 197 g/mol. The van der Waals surface area contributed by atoms with E-state index in [1.807, 2.05) is 18.6 Å². The third-order valence-corrected chi connectivity index (χ3v) is 2.61. The van der Waals surface area contributed by atoms with Crippen molar-refractivity contribution in [3.63, 3.8) is 0 Å². The minimum absolute atomic E-state index is 0.878. The van der Waals surface area contributed by atoms with Crippen molar-refractivity contribution in [3.05, 3.63) is 36.5 Å². The summed E-state index contributed by atoms with van der Waals surface area (Å²) in [6, 6.07) is 10.3. The Labute approximate surface area is 88.1 Å². The summed E-state index contributed by atoms with van der Waals surface area (Å²) < 4.78 is 0. The zero-order chi connectivity index (χ0) is 10.1. The fourth-order valence-corrected chi connectivity index (χ4v) is 1.88. The van der Waals surface area contributed by atoms with Crippen LogP contribution in [0.4, 0.5) is 5.69 Å². The first-order valence-corrected chi connectivity index (χ1v) is 5.05. The first kappa shape index (κ1) is 8.41. The van der Waals surface area contributed by atoms with Crippen molar-refractivity contribution < 1.29 is 0 Å². The van der Waals surface area contributed by atoms with Gasteiger partial charge in [0.05, 0.1) is 24.1 Å². The molecule has 0 unspecified atom stereocenters. The van der Waals surface area contributed by atoms with Crippen LogP contribution in [0.25, 0.3) is 10.9 Å². The number of hydrogen-bond acceptors (Lipinski definition) is 3. The zero-order valence-electron chi connectivity index (χ0n) is 8.30. The van der Waals surface area contributed by atoms with Crippen LogP contribution in [-0.2, 0) is 0 Å². The van der Waals surface area contributed by atoms with Gasteiger partial charge in [0.25, 0.3) is 0 Å². The molecule has 1 aliphatic rings. The molecule has 0 N–H and O–H groups in total. The fraction of sp³-hybridized carbons (Fsp3) is 0.167. The summed E-state index contributed by atoms with van der Waals surface area (Å²) in [4.78, 5) is 10.8. The second-order valence-electron chi connectivity index (χ2n) is 3.57. The molecule has 0 bridgehead atoms. The van der Waals surface area contributed by atoms with Crippen LogP contribution < -0.4 is 4.90 Å². The quantitative estimate of drug-likeness (QED) is 0.700. The summed E-state index contributed by atoms with van der Waals surface area (Å²) in [5.41, 5.74) is 2.20. The molecule has 1 aromatic heterocycles. The molecule has 74 valence electrons. The maximum atomic E-state index is 4.42. The molecule has 0 fully saturated rings. The molecule has 0 amide bonds. The van der Waals surface area contributed by atoms with Crippen LogP contribution in [0.5, 0.6) is 0 Å². The van der Waals surface area contributed by atoms with E-state index in [-0.39, 0.29) is 0 Å². The highest BCUT2D eigenvalue weighted by atomic mass is 15.2. The van der Waals surface area contributed by atoms with Crippen molar-refractivity contribution in [3.8, 4) is 0 Å². The lowest BCUT2D eigenvalue weighted by Gasteiger charge is -2.15. The largest absolute Gasteiger partial charge is 0.329 e. The maximum Gasteiger partial charge on any atom is 0.0939 e. The van der Waals surface area contributed by atoms with Crippen LogP contribution in [0.1, 0.15) is 0 Å². The highest BCUT2D eigenvalue weighted by Crippen LogP contribution is 2.24. The van der Waals surface area contributed by atoms with Gasteiger partial charge >= 0.3 is 0 Å². The van der Waals surface area contributed by atoms with Gasteiger partial charge in [-0.25, -0.2) is 0 Å². The average molecular weight is 197 g/mol. The molecule has 3 nitrogen and oxygen atoms in total. The molecule has 1 aliphatic heterocycles. The number of fused-ring (bicyclic) bond motifs is 1. The van der Waals surface area contributed by atoms with Gasteiger partial charge in [0.2, 0.25) is 0 Å². The van der Waals surface area contributed by atoms with E-state index in [2.05, 4.69) is 39.1 Å². The van der Waals surface area contributed by atoms with E-state index in [1.54, 1.807) is 0 Å². The van der Waals surface area contributed by atoms with Gasteiger partial charge in [0, 0.05) is 18.1 Å². The molecule has 3 rings (SSSR count).